The van der Waals surface area contributed by atoms with Crippen LogP contribution in [0.3, 0.4) is 0 Å². The number of anilines is 1. The molecule has 1 amide bonds. The molecule has 0 saturated carbocycles. The maximum absolute atomic E-state index is 12.0. The third-order valence-corrected chi connectivity index (χ3v) is 3.43. The minimum atomic E-state index is -0.350. The Balaban J connectivity index is 2.23. The van der Waals surface area contributed by atoms with Crippen molar-refractivity contribution in [3.8, 4) is 0 Å². The molecule has 19 heavy (non-hydrogen) atoms. The van der Waals surface area contributed by atoms with Crippen LogP contribution in [-0.2, 0) is 0 Å². The van der Waals surface area contributed by atoms with Gasteiger partial charge in [0, 0.05) is 6.20 Å². The van der Waals surface area contributed by atoms with E-state index in [0.717, 1.165) is 5.56 Å². The van der Waals surface area contributed by atoms with Crippen molar-refractivity contribution in [1.29, 1.82) is 0 Å². The fraction of sp³-hybridized carbons (Fsp3) is 0.0769. The molecule has 0 fully saturated rings. The number of rotatable bonds is 2. The highest BCUT2D eigenvalue weighted by atomic mass is 35.5. The molecule has 0 aliphatic carbocycles. The highest BCUT2D eigenvalue weighted by Gasteiger charge is 2.11. The number of benzene rings is 1. The van der Waals surface area contributed by atoms with Gasteiger partial charge in [-0.2, -0.15) is 0 Å². The fourth-order valence-corrected chi connectivity index (χ4v) is 2.01. The topological polar surface area (TPSA) is 42.0 Å². The molecule has 6 heteroatoms. The van der Waals surface area contributed by atoms with Crippen LogP contribution in [-0.4, -0.2) is 10.9 Å². The molecule has 0 aliphatic heterocycles. The molecule has 0 bridgehead atoms. The zero-order valence-corrected chi connectivity index (χ0v) is 12.1. The van der Waals surface area contributed by atoms with Gasteiger partial charge in [0.15, 0.2) is 0 Å². The monoisotopic (exact) mass is 314 g/mol. The number of halogens is 3. The average molecular weight is 316 g/mol. The zero-order valence-electron chi connectivity index (χ0n) is 9.88. The van der Waals surface area contributed by atoms with Crippen LogP contribution in [0.4, 0.5) is 5.69 Å². The van der Waals surface area contributed by atoms with Crippen LogP contribution < -0.4 is 5.32 Å². The van der Waals surface area contributed by atoms with Crippen molar-refractivity contribution < 1.29 is 4.79 Å². The number of hydrogen-bond donors (Lipinski definition) is 1. The van der Waals surface area contributed by atoms with Gasteiger partial charge in [-0.15, -0.1) is 0 Å². The number of carbonyl (C=O) groups is 1. The fourth-order valence-electron chi connectivity index (χ4n) is 1.46. The summed E-state index contributed by atoms with van der Waals surface area (Å²) in [5.74, 6) is -0.350. The van der Waals surface area contributed by atoms with E-state index in [1.54, 1.807) is 12.1 Å². The predicted molar refractivity (Wildman–Crippen MR) is 78.4 cm³/mol. The minimum Gasteiger partial charge on any atom is -0.321 e. The van der Waals surface area contributed by atoms with Crippen molar-refractivity contribution in [2.75, 3.05) is 5.32 Å². The van der Waals surface area contributed by atoms with Crippen LogP contribution in [0, 0.1) is 6.92 Å². The number of nitrogens with zero attached hydrogens (tertiary/aromatic N) is 1. The van der Waals surface area contributed by atoms with Crippen LogP contribution in [0.1, 0.15) is 15.9 Å². The van der Waals surface area contributed by atoms with E-state index >= 15 is 0 Å². The Morgan fingerprint density at radius 2 is 1.89 bits per heavy atom. The number of hydrogen-bond acceptors (Lipinski definition) is 2. The molecule has 2 rings (SSSR count). The lowest BCUT2D eigenvalue weighted by molar-refractivity contribution is 0.102. The molecule has 98 valence electrons. The van der Waals surface area contributed by atoms with Gasteiger partial charge in [-0.25, -0.2) is 4.98 Å². The average Bonchev–Trinajstić information content (AvgIpc) is 2.36. The summed E-state index contributed by atoms with van der Waals surface area (Å²) in [6, 6.07) is 6.81. The molecule has 1 N–H and O–H groups in total. The molecule has 0 radical (unpaired) electrons. The number of carbonyl (C=O) groups excluding carboxylic acids is 1. The summed E-state index contributed by atoms with van der Waals surface area (Å²) >= 11 is 17.5. The summed E-state index contributed by atoms with van der Waals surface area (Å²) in [6.07, 6.45) is 1.35. The number of aromatic nitrogens is 1. The minimum absolute atomic E-state index is 0.159. The van der Waals surface area contributed by atoms with E-state index in [9.17, 15) is 4.79 Å². The Hall–Kier alpha value is -1.29. The summed E-state index contributed by atoms with van der Waals surface area (Å²) in [4.78, 5) is 15.8. The summed E-state index contributed by atoms with van der Waals surface area (Å²) in [5, 5.41) is 3.55. The van der Waals surface area contributed by atoms with E-state index < -0.39 is 0 Å². The third-order valence-electron chi connectivity index (χ3n) is 2.43. The van der Waals surface area contributed by atoms with Crippen LogP contribution in [0.25, 0.3) is 0 Å². The van der Waals surface area contributed by atoms with E-state index in [1.165, 1.54) is 12.3 Å². The Kier molecular flexibility index (Phi) is 4.30. The highest BCUT2D eigenvalue weighted by molar-refractivity contribution is 6.41. The number of pyridine rings is 1. The van der Waals surface area contributed by atoms with Gasteiger partial charge in [-0.05, 0) is 30.7 Å². The van der Waals surface area contributed by atoms with Gasteiger partial charge in [-0.1, -0.05) is 40.9 Å². The lowest BCUT2D eigenvalue weighted by Crippen LogP contribution is -2.12. The van der Waals surface area contributed by atoms with E-state index in [0.29, 0.717) is 16.3 Å². The summed E-state index contributed by atoms with van der Waals surface area (Å²) < 4.78 is 0. The van der Waals surface area contributed by atoms with E-state index in [4.69, 9.17) is 34.8 Å². The molecule has 0 spiro atoms. The van der Waals surface area contributed by atoms with Crippen molar-refractivity contribution in [3.05, 3.63) is 56.8 Å². The third kappa shape index (κ3) is 3.38. The predicted octanol–water partition coefficient (Wildman–Crippen LogP) is 4.60. The molecule has 3 nitrogen and oxygen atoms in total. The standard InChI is InChI=1S/C13H9Cl3N2O/c1-7-2-3-11(9(14)4-7)18-13(19)8-5-10(15)12(16)17-6-8/h2-6H,1H3,(H,18,19). The van der Waals surface area contributed by atoms with Gasteiger partial charge in [0.1, 0.15) is 5.15 Å². The first-order valence-corrected chi connectivity index (χ1v) is 6.49. The van der Waals surface area contributed by atoms with Gasteiger partial charge in [-0.3, -0.25) is 4.79 Å². The Bertz CT molecular complexity index is 644. The van der Waals surface area contributed by atoms with Crippen molar-refractivity contribution in [1.82, 2.24) is 4.98 Å². The summed E-state index contributed by atoms with van der Waals surface area (Å²) in [5.41, 5.74) is 1.86. The van der Waals surface area contributed by atoms with Gasteiger partial charge >= 0.3 is 0 Å². The van der Waals surface area contributed by atoms with Gasteiger partial charge in [0.2, 0.25) is 0 Å². The molecule has 1 aromatic carbocycles. The normalized spacial score (nSPS) is 10.3. The van der Waals surface area contributed by atoms with Crippen molar-refractivity contribution >= 4 is 46.4 Å². The molecule has 0 atom stereocenters. The second-order valence-electron chi connectivity index (χ2n) is 3.93. The van der Waals surface area contributed by atoms with Crippen molar-refractivity contribution in [2.24, 2.45) is 0 Å². The van der Waals surface area contributed by atoms with Gasteiger partial charge in [0.25, 0.3) is 5.91 Å². The lowest BCUT2D eigenvalue weighted by Gasteiger charge is -2.08. The van der Waals surface area contributed by atoms with Crippen LogP contribution in [0.5, 0.6) is 0 Å². The summed E-state index contributed by atoms with van der Waals surface area (Å²) in [7, 11) is 0. The second kappa shape index (κ2) is 5.78. The van der Waals surface area contributed by atoms with Gasteiger partial charge < -0.3 is 5.32 Å². The molecular formula is C13H9Cl3N2O. The highest BCUT2D eigenvalue weighted by Crippen LogP contribution is 2.24. The van der Waals surface area contributed by atoms with Crippen molar-refractivity contribution in [3.63, 3.8) is 0 Å². The molecule has 1 heterocycles. The zero-order chi connectivity index (χ0) is 14.0. The van der Waals surface area contributed by atoms with Crippen LogP contribution in [0.2, 0.25) is 15.2 Å². The maximum atomic E-state index is 12.0. The Labute approximate surface area is 125 Å². The van der Waals surface area contributed by atoms with Gasteiger partial charge in [0.05, 0.1) is 21.3 Å². The number of nitrogens with one attached hydrogen (secondary N) is 1. The largest absolute Gasteiger partial charge is 0.321 e. The first-order valence-electron chi connectivity index (χ1n) is 5.36. The van der Waals surface area contributed by atoms with E-state index in [1.807, 2.05) is 13.0 Å². The number of amides is 1. The Morgan fingerprint density at radius 1 is 1.16 bits per heavy atom. The molecule has 0 aliphatic rings. The molecule has 0 unspecified atom stereocenters. The molecule has 1 aromatic heterocycles. The first-order chi connectivity index (χ1) is 8.97. The van der Waals surface area contributed by atoms with Crippen molar-refractivity contribution in [2.45, 2.75) is 6.92 Å². The quantitative estimate of drug-likeness (QED) is 0.823. The molecule has 2 aromatic rings. The first kappa shape index (κ1) is 14.1. The van der Waals surface area contributed by atoms with Crippen LogP contribution in [0.15, 0.2) is 30.5 Å². The SMILES string of the molecule is Cc1ccc(NC(=O)c2cnc(Cl)c(Cl)c2)c(Cl)c1. The maximum Gasteiger partial charge on any atom is 0.257 e. The summed E-state index contributed by atoms with van der Waals surface area (Å²) in [6.45, 7) is 1.92. The van der Waals surface area contributed by atoms with E-state index in [2.05, 4.69) is 10.3 Å². The molecular weight excluding hydrogens is 307 g/mol. The number of aryl methyl sites for hydroxylation is 1. The Morgan fingerprint density at radius 3 is 2.53 bits per heavy atom. The van der Waals surface area contributed by atoms with E-state index in [-0.39, 0.29) is 16.1 Å². The lowest BCUT2D eigenvalue weighted by atomic mass is 10.2. The smallest absolute Gasteiger partial charge is 0.257 e. The second-order valence-corrected chi connectivity index (χ2v) is 5.11. The van der Waals surface area contributed by atoms with Crippen LogP contribution >= 0.6 is 34.8 Å². The molecule has 0 saturated heterocycles.